The van der Waals surface area contributed by atoms with Crippen LogP contribution >= 0.6 is 34.9 Å². The number of thioether (sulfide) groups is 2. The number of nitrogens with zero attached hydrogens (tertiary/aromatic N) is 6. The molecule has 0 fully saturated rings. The first kappa shape index (κ1) is 21.2. The summed E-state index contributed by atoms with van der Waals surface area (Å²) in [6.45, 7) is 4.05. The Morgan fingerprint density at radius 3 is 2.62 bits per heavy atom. The molecule has 0 saturated carbocycles. The fourth-order valence-electron chi connectivity index (χ4n) is 3.13. The van der Waals surface area contributed by atoms with Gasteiger partial charge >= 0.3 is 0 Å². The van der Waals surface area contributed by atoms with Crippen LogP contribution in [0.25, 0.3) is 15.9 Å². The van der Waals surface area contributed by atoms with E-state index in [0.29, 0.717) is 17.5 Å². The lowest BCUT2D eigenvalue weighted by molar-refractivity contribution is 0.375. The van der Waals surface area contributed by atoms with Gasteiger partial charge in [0.1, 0.15) is 5.82 Å². The number of aryl methyl sites for hydroxylation is 1. The predicted molar refractivity (Wildman–Crippen MR) is 128 cm³/mol. The fourth-order valence-corrected chi connectivity index (χ4v) is 6.03. The van der Waals surface area contributed by atoms with Gasteiger partial charge in [-0.2, -0.15) is 4.98 Å². The zero-order valence-corrected chi connectivity index (χ0v) is 20.0. The van der Waals surface area contributed by atoms with Gasteiger partial charge in [-0.1, -0.05) is 65.9 Å². The molecule has 0 aliphatic carbocycles. The van der Waals surface area contributed by atoms with Crippen molar-refractivity contribution in [3.63, 3.8) is 0 Å². The van der Waals surface area contributed by atoms with Crippen molar-refractivity contribution in [1.82, 2.24) is 29.9 Å². The first-order chi connectivity index (χ1) is 15.7. The van der Waals surface area contributed by atoms with Crippen molar-refractivity contribution in [3.05, 3.63) is 72.1 Å². The number of para-hydroxylation sites is 2. The Kier molecular flexibility index (Phi) is 6.24. The van der Waals surface area contributed by atoms with Gasteiger partial charge in [0.05, 0.1) is 21.2 Å². The summed E-state index contributed by atoms with van der Waals surface area (Å²) in [5.74, 6) is 2.84. The lowest BCUT2D eigenvalue weighted by Crippen LogP contribution is -2.02. The Balaban J connectivity index is 1.41. The molecule has 0 aliphatic rings. The molecule has 5 aromatic rings. The summed E-state index contributed by atoms with van der Waals surface area (Å²) in [6.07, 6.45) is 0.744. The van der Waals surface area contributed by atoms with Crippen LogP contribution in [0.4, 0.5) is 0 Å². The first-order valence-corrected chi connectivity index (χ1v) is 12.9. The minimum atomic E-state index is -0.0424. The van der Waals surface area contributed by atoms with Gasteiger partial charge in [-0.05, 0) is 31.2 Å². The van der Waals surface area contributed by atoms with Crippen LogP contribution in [0.15, 0.2) is 68.6 Å². The average Bonchev–Trinajstić information content (AvgIpc) is 3.56. The highest BCUT2D eigenvalue weighted by Crippen LogP contribution is 2.36. The molecule has 1 unspecified atom stereocenters. The van der Waals surface area contributed by atoms with Crippen molar-refractivity contribution in [2.45, 2.75) is 40.8 Å². The van der Waals surface area contributed by atoms with Crippen LogP contribution in [0.3, 0.4) is 0 Å². The highest BCUT2D eigenvalue weighted by atomic mass is 32.2. The second-order valence-electron chi connectivity index (χ2n) is 6.97. The van der Waals surface area contributed by atoms with E-state index < -0.39 is 0 Å². The van der Waals surface area contributed by atoms with E-state index in [9.17, 15) is 0 Å². The predicted octanol–water partition coefficient (Wildman–Crippen LogP) is 5.97. The fraction of sp³-hybridized carbons (Fsp3) is 0.227. The molecule has 0 N–H and O–H groups in total. The van der Waals surface area contributed by atoms with E-state index in [1.54, 1.807) is 34.9 Å². The quantitative estimate of drug-likeness (QED) is 0.251. The van der Waals surface area contributed by atoms with Crippen molar-refractivity contribution >= 4 is 45.1 Å². The third-order valence-corrected chi connectivity index (χ3v) is 7.95. The molecule has 0 radical (unpaired) electrons. The highest BCUT2D eigenvalue weighted by Gasteiger charge is 2.21. The van der Waals surface area contributed by atoms with Crippen LogP contribution < -0.4 is 0 Å². The summed E-state index contributed by atoms with van der Waals surface area (Å²) >= 11 is 4.93. The molecule has 3 heterocycles. The topological polar surface area (TPSA) is 82.5 Å². The number of aromatic nitrogens is 6. The maximum Gasteiger partial charge on any atom is 0.239 e. The highest BCUT2D eigenvalue weighted by molar-refractivity contribution is 8.00. The third-order valence-electron chi connectivity index (χ3n) is 4.74. The van der Waals surface area contributed by atoms with Gasteiger partial charge < -0.3 is 4.52 Å². The normalized spacial score (nSPS) is 12.4. The van der Waals surface area contributed by atoms with Crippen LogP contribution in [-0.2, 0) is 12.2 Å². The molecule has 10 heteroatoms. The molecular formula is C22H20N6OS3. The van der Waals surface area contributed by atoms with Gasteiger partial charge in [-0.3, -0.25) is 4.57 Å². The van der Waals surface area contributed by atoms with Crippen molar-refractivity contribution < 1.29 is 4.52 Å². The van der Waals surface area contributed by atoms with E-state index in [2.05, 4.69) is 43.1 Å². The molecule has 1 atom stereocenters. The number of hydrogen-bond acceptors (Lipinski definition) is 9. The van der Waals surface area contributed by atoms with Gasteiger partial charge in [0.15, 0.2) is 15.3 Å². The molecule has 7 nitrogen and oxygen atoms in total. The summed E-state index contributed by atoms with van der Waals surface area (Å²) in [5.41, 5.74) is 2.05. The number of rotatable bonds is 8. The maximum atomic E-state index is 5.43. The van der Waals surface area contributed by atoms with Gasteiger partial charge in [0.25, 0.3) is 0 Å². The molecule has 0 saturated heterocycles. The Morgan fingerprint density at radius 2 is 1.84 bits per heavy atom. The molecular weight excluding hydrogens is 460 g/mol. The average molecular weight is 481 g/mol. The third kappa shape index (κ3) is 4.43. The minimum Gasteiger partial charge on any atom is -0.338 e. The van der Waals surface area contributed by atoms with Crippen molar-refractivity contribution in [3.8, 4) is 5.69 Å². The Labute approximate surface area is 197 Å². The number of hydrogen-bond donors (Lipinski definition) is 0. The van der Waals surface area contributed by atoms with Crippen LogP contribution in [0, 0.1) is 0 Å². The van der Waals surface area contributed by atoms with Crippen LogP contribution in [0.2, 0.25) is 0 Å². The lowest BCUT2D eigenvalue weighted by Gasteiger charge is -2.11. The summed E-state index contributed by atoms with van der Waals surface area (Å²) < 4.78 is 9.73. The number of thiazole rings is 1. The van der Waals surface area contributed by atoms with Gasteiger partial charge in [-0.15, -0.1) is 21.5 Å². The second kappa shape index (κ2) is 9.43. The molecule has 0 bridgehead atoms. The second-order valence-corrected chi connectivity index (χ2v) is 10.5. The standard InChI is InChI=1S/C22H20N6OS3/c1-3-18-24-20(29-27-18)14(2)31-21-26-25-19(28(21)15-9-5-4-6-10-15)13-30-22-23-16-11-7-8-12-17(16)32-22/h4-12,14H,3,13H2,1-2H3. The molecule has 0 aliphatic heterocycles. The lowest BCUT2D eigenvalue weighted by atomic mass is 10.3. The summed E-state index contributed by atoms with van der Waals surface area (Å²) in [5, 5.41) is 13.8. The Hall–Kier alpha value is -2.69. The van der Waals surface area contributed by atoms with Gasteiger partial charge in [-0.25, -0.2) is 4.98 Å². The smallest absolute Gasteiger partial charge is 0.239 e. The molecule has 2 aromatic carbocycles. The van der Waals surface area contributed by atoms with Crippen LogP contribution in [0.1, 0.15) is 36.6 Å². The van der Waals surface area contributed by atoms with Gasteiger partial charge in [0, 0.05) is 12.1 Å². The van der Waals surface area contributed by atoms with E-state index >= 15 is 0 Å². The van der Waals surface area contributed by atoms with E-state index in [4.69, 9.17) is 9.51 Å². The van der Waals surface area contributed by atoms with E-state index in [-0.39, 0.29) is 5.25 Å². The first-order valence-electron chi connectivity index (χ1n) is 10.2. The Bertz CT molecular complexity index is 1300. The van der Waals surface area contributed by atoms with Crippen molar-refractivity contribution in [2.24, 2.45) is 0 Å². The molecule has 32 heavy (non-hydrogen) atoms. The zero-order chi connectivity index (χ0) is 21.9. The van der Waals surface area contributed by atoms with E-state index in [0.717, 1.165) is 32.9 Å². The zero-order valence-electron chi connectivity index (χ0n) is 17.5. The largest absolute Gasteiger partial charge is 0.338 e. The summed E-state index contributed by atoms with van der Waals surface area (Å²) in [4.78, 5) is 9.19. The van der Waals surface area contributed by atoms with E-state index in [1.165, 1.54) is 4.70 Å². The van der Waals surface area contributed by atoms with Crippen LogP contribution in [-0.4, -0.2) is 29.9 Å². The van der Waals surface area contributed by atoms with Crippen LogP contribution in [0.5, 0.6) is 0 Å². The maximum absolute atomic E-state index is 5.43. The van der Waals surface area contributed by atoms with Crippen molar-refractivity contribution in [2.75, 3.05) is 0 Å². The minimum absolute atomic E-state index is 0.0424. The van der Waals surface area contributed by atoms with Crippen molar-refractivity contribution in [1.29, 1.82) is 0 Å². The Morgan fingerprint density at radius 1 is 1.03 bits per heavy atom. The molecule has 162 valence electrons. The monoisotopic (exact) mass is 480 g/mol. The summed E-state index contributed by atoms with van der Waals surface area (Å²) in [6, 6.07) is 18.4. The van der Waals surface area contributed by atoms with E-state index in [1.807, 2.05) is 50.2 Å². The van der Waals surface area contributed by atoms with Gasteiger partial charge in [0.2, 0.25) is 5.89 Å². The molecule has 3 aromatic heterocycles. The SMILES string of the molecule is CCc1noc(C(C)Sc2nnc(CSc3nc4ccccc4s3)n2-c2ccccc2)n1. The molecule has 0 amide bonds. The summed E-state index contributed by atoms with van der Waals surface area (Å²) in [7, 11) is 0. The number of fused-ring (bicyclic) bond motifs is 1. The molecule has 0 spiro atoms. The number of benzene rings is 2. The molecule has 5 rings (SSSR count).